The van der Waals surface area contributed by atoms with Crippen LogP contribution in [0.4, 0.5) is 4.39 Å². The van der Waals surface area contributed by atoms with Crippen LogP contribution in [-0.4, -0.2) is 75.7 Å². The van der Waals surface area contributed by atoms with Crippen molar-refractivity contribution in [3.8, 4) is 22.8 Å². The molecule has 1 aliphatic heterocycles. The van der Waals surface area contributed by atoms with Crippen LogP contribution < -0.4 is 20.7 Å². The Balaban J connectivity index is 1.03. The average molecular weight is 668 g/mol. The summed E-state index contributed by atoms with van der Waals surface area (Å²) < 4.78 is 20.4. The summed E-state index contributed by atoms with van der Waals surface area (Å²) in [5.41, 5.74) is 4.54. The SMILES string of the molecule is Cc1cc(C(=O)N[C@H]2CC[C@H](NC(=O)c3cc(F)cnc3Oc3cccc(-c4ccc(CCCN5C[C@@H](C)N[C@@H](C)C5)cc4)c3)CC2)[nH]n1. The average Bonchev–Trinajstić information content (AvgIpc) is 3.53. The van der Waals surface area contributed by atoms with Crippen LogP contribution in [0.2, 0.25) is 0 Å². The van der Waals surface area contributed by atoms with Gasteiger partial charge in [0.15, 0.2) is 0 Å². The van der Waals surface area contributed by atoms with E-state index in [0.717, 1.165) is 61.6 Å². The van der Waals surface area contributed by atoms with Gasteiger partial charge in [0, 0.05) is 37.3 Å². The lowest BCUT2D eigenvalue weighted by Gasteiger charge is -2.36. The van der Waals surface area contributed by atoms with Gasteiger partial charge >= 0.3 is 0 Å². The number of ether oxygens (including phenoxy) is 1. The molecule has 4 N–H and O–H groups in total. The molecule has 2 aromatic heterocycles. The zero-order chi connectivity index (χ0) is 34.3. The van der Waals surface area contributed by atoms with E-state index in [0.29, 0.717) is 49.2 Å². The molecule has 1 aliphatic carbocycles. The summed E-state index contributed by atoms with van der Waals surface area (Å²) in [7, 11) is 0. The fourth-order valence-electron chi connectivity index (χ4n) is 6.96. The van der Waals surface area contributed by atoms with Crippen molar-refractivity contribution in [3.63, 3.8) is 0 Å². The molecule has 0 radical (unpaired) electrons. The van der Waals surface area contributed by atoms with Gasteiger partial charge in [-0.15, -0.1) is 0 Å². The Morgan fingerprint density at radius 1 is 0.918 bits per heavy atom. The van der Waals surface area contributed by atoms with Crippen LogP contribution in [-0.2, 0) is 6.42 Å². The van der Waals surface area contributed by atoms with Crippen LogP contribution in [0.5, 0.6) is 11.6 Å². The number of carbonyl (C=O) groups is 2. The highest BCUT2D eigenvalue weighted by molar-refractivity contribution is 5.96. The van der Waals surface area contributed by atoms with E-state index in [4.69, 9.17) is 4.74 Å². The van der Waals surface area contributed by atoms with Crippen LogP contribution in [0.3, 0.4) is 0 Å². The Kier molecular flexibility index (Phi) is 11.0. The summed E-state index contributed by atoms with van der Waals surface area (Å²) in [4.78, 5) is 32.5. The molecule has 1 saturated heterocycles. The molecule has 1 saturated carbocycles. The standard InChI is InChI=1S/C38H46FN7O3/c1-24-18-35(45-44-24)37(48)43-32-15-13-31(14-16-32)42-36(47)34-20-30(39)21-40-38(34)49-33-8-4-7-29(19-33)28-11-9-27(10-12-28)6-5-17-46-22-25(2)41-26(3)23-46/h4,7-12,18-21,25-26,31-32,41H,5-6,13-17,22-23H2,1-3H3,(H,42,47)(H,43,48)(H,44,45)/t25-,26+,31-,32-. The number of aromatic nitrogens is 3. The highest BCUT2D eigenvalue weighted by Gasteiger charge is 2.26. The van der Waals surface area contributed by atoms with E-state index in [1.54, 1.807) is 12.1 Å². The van der Waals surface area contributed by atoms with E-state index in [1.807, 2.05) is 25.1 Å². The van der Waals surface area contributed by atoms with E-state index < -0.39 is 11.7 Å². The van der Waals surface area contributed by atoms with Crippen molar-refractivity contribution >= 4 is 11.8 Å². The number of hydrogen-bond donors (Lipinski definition) is 4. The van der Waals surface area contributed by atoms with Crippen LogP contribution in [0.25, 0.3) is 11.1 Å². The minimum absolute atomic E-state index is 0.00195. The first-order chi connectivity index (χ1) is 23.7. The topological polar surface area (TPSA) is 124 Å². The van der Waals surface area contributed by atoms with Crippen molar-refractivity contribution in [3.05, 3.63) is 95.2 Å². The Bertz CT molecular complexity index is 1730. The number of hydrogen-bond acceptors (Lipinski definition) is 7. The van der Waals surface area contributed by atoms with Gasteiger partial charge in [0.25, 0.3) is 11.8 Å². The summed E-state index contributed by atoms with van der Waals surface area (Å²) >= 11 is 0. The highest BCUT2D eigenvalue weighted by atomic mass is 19.1. The number of carbonyl (C=O) groups excluding carboxylic acids is 2. The normalized spacial score (nSPS) is 21.2. The number of amides is 2. The van der Waals surface area contributed by atoms with E-state index >= 15 is 0 Å². The summed E-state index contributed by atoms with van der Waals surface area (Å²) in [6, 6.07) is 20.0. The molecule has 258 valence electrons. The molecule has 0 spiro atoms. The van der Waals surface area contributed by atoms with Gasteiger partial charge in [0.2, 0.25) is 5.88 Å². The van der Waals surface area contributed by atoms with Crippen LogP contribution in [0.1, 0.15) is 78.1 Å². The quantitative estimate of drug-likeness (QED) is 0.160. The number of halogens is 1. The van der Waals surface area contributed by atoms with Crippen molar-refractivity contribution < 1.29 is 18.7 Å². The lowest BCUT2D eigenvalue weighted by Crippen LogP contribution is -2.54. The molecule has 49 heavy (non-hydrogen) atoms. The Labute approximate surface area is 287 Å². The van der Waals surface area contributed by atoms with Crippen molar-refractivity contribution in [1.29, 1.82) is 0 Å². The first kappa shape index (κ1) is 34.3. The highest BCUT2D eigenvalue weighted by Crippen LogP contribution is 2.29. The van der Waals surface area contributed by atoms with E-state index in [9.17, 15) is 14.0 Å². The Hall–Kier alpha value is -4.61. The van der Waals surface area contributed by atoms with Gasteiger partial charge in [0.1, 0.15) is 22.8 Å². The Morgan fingerprint density at radius 2 is 1.61 bits per heavy atom. The number of H-pyrrole nitrogens is 1. The minimum atomic E-state index is -0.621. The monoisotopic (exact) mass is 667 g/mol. The third kappa shape index (κ3) is 9.30. The number of pyridine rings is 1. The number of aryl methyl sites for hydroxylation is 2. The number of aromatic amines is 1. The van der Waals surface area contributed by atoms with Gasteiger partial charge in [-0.1, -0.05) is 36.4 Å². The second kappa shape index (κ2) is 15.7. The molecule has 11 heteroatoms. The van der Waals surface area contributed by atoms with Crippen LogP contribution >= 0.6 is 0 Å². The summed E-state index contributed by atoms with van der Waals surface area (Å²) in [6.45, 7) is 9.60. The van der Waals surface area contributed by atoms with Gasteiger partial charge in [-0.05, 0) is 107 Å². The van der Waals surface area contributed by atoms with E-state index in [-0.39, 0.29) is 29.4 Å². The van der Waals surface area contributed by atoms with Crippen molar-refractivity contribution in [1.82, 2.24) is 36.0 Å². The molecule has 0 bridgehead atoms. The lowest BCUT2D eigenvalue weighted by molar-refractivity contribution is 0.0887. The molecule has 2 fully saturated rings. The van der Waals surface area contributed by atoms with Gasteiger partial charge < -0.3 is 25.6 Å². The first-order valence-electron chi connectivity index (χ1n) is 17.3. The maximum absolute atomic E-state index is 14.3. The van der Waals surface area contributed by atoms with Crippen molar-refractivity contribution in [2.75, 3.05) is 19.6 Å². The zero-order valence-electron chi connectivity index (χ0n) is 28.5. The van der Waals surface area contributed by atoms with Crippen LogP contribution in [0.15, 0.2) is 66.9 Å². The molecule has 0 unspecified atom stereocenters. The number of nitrogens with one attached hydrogen (secondary N) is 4. The summed E-state index contributed by atoms with van der Waals surface area (Å²) in [6.07, 6.45) is 5.96. The third-order valence-electron chi connectivity index (χ3n) is 9.32. The molecule has 3 heterocycles. The summed E-state index contributed by atoms with van der Waals surface area (Å²) in [5.74, 6) is -0.726. The molecule has 4 aromatic rings. The molecule has 6 rings (SSSR count). The molecule has 2 aromatic carbocycles. The van der Waals surface area contributed by atoms with Gasteiger partial charge in [-0.25, -0.2) is 9.37 Å². The number of nitrogens with zero attached hydrogens (tertiary/aromatic N) is 3. The molecule has 2 amide bonds. The maximum atomic E-state index is 14.3. The molecular weight excluding hydrogens is 621 g/mol. The fraction of sp³-hybridized carbons (Fsp3) is 0.421. The van der Waals surface area contributed by atoms with Crippen molar-refractivity contribution in [2.24, 2.45) is 0 Å². The second-order valence-electron chi connectivity index (χ2n) is 13.6. The second-order valence-corrected chi connectivity index (χ2v) is 13.6. The van der Waals surface area contributed by atoms with Gasteiger partial charge in [0.05, 0.1) is 11.9 Å². The van der Waals surface area contributed by atoms with Crippen molar-refractivity contribution in [2.45, 2.75) is 83.5 Å². The molecule has 2 aliphatic rings. The first-order valence-corrected chi connectivity index (χ1v) is 17.3. The fourth-order valence-corrected chi connectivity index (χ4v) is 6.96. The van der Waals surface area contributed by atoms with Gasteiger partial charge in [-0.3, -0.25) is 14.7 Å². The maximum Gasteiger partial charge on any atom is 0.269 e. The van der Waals surface area contributed by atoms with Crippen LogP contribution in [0, 0.1) is 12.7 Å². The third-order valence-corrected chi connectivity index (χ3v) is 9.32. The Morgan fingerprint density at radius 3 is 2.29 bits per heavy atom. The summed E-state index contributed by atoms with van der Waals surface area (Å²) in [5, 5.41) is 16.4. The minimum Gasteiger partial charge on any atom is -0.438 e. The largest absolute Gasteiger partial charge is 0.438 e. The number of benzene rings is 2. The smallest absolute Gasteiger partial charge is 0.269 e. The zero-order valence-corrected chi connectivity index (χ0v) is 28.5. The molecule has 10 nitrogen and oxygen atoms in total. The lowest BCUT2D eigenvalue weighted by atomic mass is 9.91. The van der Waals surface area contributed by atoms with E-state index in [1.165, 1.54) is 5.56 Å². The molecular formula is C38H46FN7O3. The molecule has 2 atom stereocenters. The predicted molar refractivity (Wildman–Crippen MR) is 187 cm³/mol. The number of piperazine rings is 1. The predicted octanol–water partition coefficient (Wildman–Crippen LogP) is 5.80. The van der Waals surface area contributed by atoms with E-state index in [2.05, 4.69) is 74.1 Å². The van der Waals surface area contributed by atoms with Gasteiger partial charge in [-0.2, -0.15) is 5.10 Å². The number of rotatable bonds is 11.